The fraction of sp³-hybridized carbons (Fsp3) is 0.333. The number of nitrogens with zero attached hydrogens (tertiary/aromatic N) is 2. The molecule has 1 heterocycles. The van der Waals surface area contributed by atoms with E-state index in [1.807, 2.05) is 20.8 Å². The van der Waals surface area contributed by atoms with Crippen LogP contribution >= 0.6 is 15.9 Å². The Hall–Kier alpha value is -1.56. The van der Waals surface area contributed by atoms with Crippen LogP contribution in [0.1, 0.15) is 32.2 Å². The SMILES string of the molecule is CC(C)(C)c1nc(Br)cc(NCc2cc(F)ccc2F)n1. The smallest absolute Gasteiger partial charge is 0.137 e. The van der Waals surface area contributed by atoms with Crippen LogP contribution in [0, 0.1) is 11.6 Å². The van der Waals surface area contributed by atoms with Gasteiger partial charge in [0.15, 0.2) is 0 Å². The molecule has 2 rings (SSSR count). The second kappa shape index (κ2) is 6.05. The molecule has 1 aromatic heterocycles. The molecule has 0 bridgehead atoms. The standard InChI is InChI=1S/C15H16BrF2N3/c1-15(2,3)14-20-12(16)7-13(21-14)19-8-9-6-10(17)4-5-11(9)18/h4-7H,8H2,1-3H3,(H,19,20,21). The number of rotatable bonds is 3. The summed E-state index contributed by atoms with van der Waals surface area (Å²) in [6.07, 6.45) is 0. The van der Waals surface area contributed by atoms with E-state index in [0.29, 0.717) is 16.2 Å². The van der Waals surface area contributed by atoms with Crippen molar-refractivity contribution in [3.63, 3.8) is 0 Å². The van der Waals surface area contributed by atoms with Crippen LogP contribution < -0.4 is 5.32 Å². The molecule has 0 aliphatic carbocycles. The van der Waals surface area contributed by atoms with Crippen molar-refractivity contribution in [1.29, 1.82) is 0 Å². The van der Waals surface area contributed by atoms with Gasteiger partial charge in [0.1, 0.15) is 27.9 Å². The fourth-order valence-electron chi connectivity index (χ4n) is 1.71. The molecule has 6 heteroatoms. The molecule has 0 amide bonds. The molecule has 112 valence electrons. The average molecular weight is 356 g/mol. The van der Waals surface area contributed by atoms with Crippen molar-refractivity contribution in [1.82, 2.24) is 9.97 Å². The van der Waals surface area contributed by atoms with Gasteiger partial charge in [-0.15, -0.1) is 0 Å². The van der Waals surface area contributed by atoms with Crippen molar-refractivity contribution < 1.29 is 8.78 Å². The van der Waals surface area contributed by atoms with Crippen molar-refractivity contribution in [2.45, 2.75) is 32.7 Å². The van der Waals surface area contributed by atoms with E-state index >= 15 is 0 Å². The predicted molar refractivity (Wildman–Crippen MR) is 82.1 cm³/mol. The Balaban J connectivity index is 2.20. The van der Waals surface area contributed by atoms with E-state index in [2.05, 4.69) is 31.2 Å². The maximum absolute atomic E-state index is 13.6. The van der Waals surface area contributed by atoms with Gasteiger partial charge in [0.05, 0.1) is 0 Å². The summed E-state index contributed by atoms with van der Waals surface area (Å²) in [4.78, 5) is 8.73. The quantitative estimate of drug-likeness (QED) is 0.827. The lowest BCUT2D eigenvalue weighted by molar-refractivity contribution is 0.544. The van der Waals surface area contributed by atoms with Gasteiger partial charge in [-0.2, -0.15) is 0 Å². The molecule has 0 saturated carbocycles. The molecule has 0 fully saturated rings. The monoisotopic (exact) mass is 355 g/mol. The number of aromatic nitrogens is 2. The molecule has 0 saturated heterocycles. The van der Waals surface area contributed by atoms with E-state index in [0.717, 1.165) is 12.1 Å². The first-order valence-corrected chi connectivity index (χ1v) is 7.28. The molecular weight excluding hydrogens is 340 g/mol. The molecule has 0 atom stereocenters. The summed E-state index contributed by atoms with van der Waals surface area (Å²) in [5.41, 5.74) is 0.0478. The largest absolute Gasteiger partial charge is 0.366 e. The van der Waals surface area contributed by atoms with Gasteiger partial charge in [0, 0.05) is 23.6 Å². The molecule has 3 nitrogen and oxygen atoms in total. The van der Waals surface area contributed by atoms with Gasteiger partial charge in [-0.1, -0.05) is 20.8 Å². The van der Waals surface area contributed by atoms with Gasteiger partial charge in [-0.05, 0) is 34.1 Å². The molecule has 0 aliphatic rings. The maximum Gasteiger partial charge on any atom is 0.137 e. The summed E-state index contributed by atoms with van der Waals surface area (Å²) in [6.45, 7) is 6.16. The highest BCUT2D eigenvalue weighted by atomic mass is 79.9. The summed E-state index contributed by atoms with van der Waals surface area (Å²) in [6, 6.07) is 5.08. The Labute approximate surface area is 131 Å². The Morgan fingerprint density at radius 3 is 2.52 bits per heavy atom. The molecular formula is C15H16BrF2N3. The van der Waals surface area contributed by atoms with Crippen LogP contribution in [0.4, 0.5) is 14.6 Å². The third kappa shape index (κ3) is 4.20. The van der Waals surface area contributed by atoms with E-state index in [4.69, 9.17) is 0 Å². The molecule has 1 aromatic carbocycles. The molecule has 0 aliphatic heterocycles. The van der Waals surface area contributed by atoms with Crippen LogP contribution in [-0.2, 0) is 12.0 Å². The highest BCUT2D eigenvalue weighted by molar-refractivity contribution is 9.10. The van der Waals surface area contributed by atoms with Crippen LogP contribution in [0.15, 0.2) is 28.9 Å². The lowest BCUT2D eigenvalue weighted by Gasteiger charge is -2.18. The number of halogens is 3. The van der Waals surface area contributed by atoms with Gasteiger partial charge in [-0.3, -0.25) is 0 Å². The van der Waals surface area contributed by atoms with E-state index in [1.165, 1.54) is 6.07 Å². The zero-order valence-electron chi connectivity index (χ0n) is 12.0. The minimum absolute atomic E-state index is 0.149. The summed E-state index contributed by atoms with van der Waals surface area (Å²) in [5.74, 6) is 0.310. The Morgan fingerprint density at radius 1 is 1.14 bits per heavy atom. The number of benzene rings is 1. The number of nitrogens with one attached hydrogen (secondary N) is 1. The first kappa shape index (κ1) is 15.8. The lowest BCUT2D eigenvalue weighted by Crippen LogP contribution is -2.17. The topological polar surface area (TPSA) is 37.8 Å². The molecule has 0 spiro atoms. The second-order valence-corrected chi connectivity index (χ2v) is 6.55. The van der Waals surface area contributed by atoms with Crippen molar-refractivity contribution in [2.75, 3.05) is 5.32 Å². The summed E-state index contributed by atoms with van der Waals surface area (Å²) in [7, 11) is 0. The highest BCUT2D eigenvalue weighted by Gasteiger charge is 2.18. The average Bonchev–Trinajstić information content (AvgIpc) is 2.38. The first-order valence-electron chi connectivity index (χ1n) is 6.48. The predicted octanol–water partition coefficient (Wildman–Crippen LogP) is 4.43. The minimum atomic E-state index is -0.465. The summed E-state index contributed by atoms with van der Waals surface area (Å²) < 4.78 is 27.3. The van der Waals surface area contributed by atoms with Crippen LogP contribution in [0.25, 0.3) is 0 Å². The van der Waals surface area contributed by atoms with Crippen molar-refractivity contribution in [3.8, 4) is 0 Å². The van der Waals surface area contributed by atoms with Gasteiger partial charge < -0.3 is 5.32 Å². The van der Waals surface area contributed by atoms with Crippen molar-refractivity contribution in [3.05, 3.63) is 51.9 Å². The van der Waals surface area contributed by atoms with E-state index in [9.17, 15) is 8.78 Å². The molecule has 1 N–H and O–H groups in total. The zero-order valence-corrected chi connectivity index (χ0v) is 13.6. The first-order chi connectivity index (χ1) is 9.75. The maximum atomic E-state index is 13.6. The summed E-state index contributed by atoms with van der Waals surface area (Å²) >= 11 is 3.33. The van der Waals surface area contributed by atoms with Gasteiger partial charge in [0.2, 0.25) is 0 Å². The highest BCUT2D eigenvalue weighted by Crippen LogP contribution is 2.23. The fourth-order valence-corrected chi connectivity index (χ4v) is 2.09. The normalized spacial score (nSPS) is 11.5. The van der Waals surface area contributed by atoms with Crippen LogP contribution in [-0.4, -0.2) is 9.97 Å². The Morgan fingerprint density at radius 2 is 1.86 bits per heavy atom. The summed E-state index contributed by atoms with van der Waals surface area (Å²) in [5, 5.41) is 2.99. The number of hydrogen-bond donors (Lipinski definition) is 1. The van der Waals surface area contributed by atoms with Gasteiger partial charge >= 0.3 is 0 Å². The second-order valence-electron chi connectivity index (χ2n) is 5.74. The van der Waals surface area contributed by atoms with Crippen LogP contribution in [0.2, 0.25) is 0 Å². The zero-order chi connectivity index (χ0) is 15.6. The minimum Gasteiger partial charge on any atom is -0.366 e. The van der Waals surface area contributed by atoms with E-state index < -0.39 is 11.6 Å². The number of hydrogen-bond acceptors (Lipinski definition) is 3. The number of anilines is 1. The molecule has 0 radical (unpaired) electrons. The van der Waals surface area contributed by atoms with Gasteiger partial charge in [0.25, 0.3) is 0 Å². The third-order valence-electron chi connectivity index (χ3n) is 2.83. The Kier molecular flexibility index (Phi) is 4.56. The van der Waals surface area contributed by atoms with Crippen molar-refractivity contribution >= 4 is 21.7 Å². The molecule has 21 heavy (non-hydrogen) atoms. The Bertz CT molecular complexity index is 654. The van der Waals surface area contributed by atoms with Crippen LogP contribution in [0.3, 0.4) is 0 Å². The van der Waals surface area contributed by atoms with E-state index in [-0.39, 0.29) is 17.5 Å². The van der Waals surface area contributed by atoms with Crippen LogP contribution in [0.5, 0.6) is 0 Å². The lowest BCUT2D eigenvalue weighted by atomic mass is 9.96. The molecule has 0 unspecified atom stereocenters. The van der Waals surface area contributed by atoms with E-state index in [1.54, 1.807) is 6.07 Å². The molecule has 2 aromatic rings. The van der Waals surface area contributed by atoms with Gasteiger partial charge in [-0.25, -0.2) is 18.7 Å². The third-order valence-corrected chi connectivity index (χ3v) is 3.24. The van der Waals surface area contributed by atoms with Crippen molar-refractivity contribution in [2.24, 2.45) is 0 Å².